The summed E-state index contributed by atoms with van der Waals surface area (Å²) in [7, 11) is 1.49. The molecule has 10 heteroatoms. The second-order valence-corrected chi connectivity index (χ2v) is 7.03. The molecule has 0 aliphatic rings. The van der Waals surface area contributed by atoms with E-state index in [2.05, 4.69) is 10.3 Å². The molecule has 0 bridgehead atoms. The highest BCUT2D eigenvalue weighted by molar-refractivity contribution is 5.94. The van der Waals surface area contributed by atoms with Crippen molar-refractivity contribution < 1.29 is 13.9 Å². The lowest BCUT2D eigenvalue weighted by Gasteiger charge is -2.25. The molecule has 168 valence electrons. The number of aromatic nitrogens is 2. The predicted molar refractivity (Wildman–Crippen MR) is 120 cm³/mol. The zero-order valence-corrected chi connectivity index (χ0v) is 17.5. The van der Waals surface area contributed by atoms with Crippen LogP contribution in [0.4, 0.5) is 21.6 Å². The standard InChI is InChI=1S/C22H24FN5O4/c1-32-12-11-27(14-18(29)25-17-9-7-16(23)8-10-17)19-20(24)28(22(31)26-21(19)30)13-15-5-3-2-4-6-15/h2-10H,11-14,24H2,1H3,(H,25,29)(H,26,30,31). The molecule has 3 aromatic rings. The number of nitrogens with one attached hydrogen (secondary N) is 2. The van der Waals surface area contributed by atoms with Crippen LogP contribution in [0.15, 0.2) is 64.2 Å². The fourth-order valence-corrected chi connectivity index (χ4v) is 3.18. The van der Waals surface area contributed by atoms with Gasteiger partial charge in [-0.3, -0.25) is 19.1 Å². The monoisotopic (exact) mass is 441 g/mol. The molecule has 2 aromatic carbocycles. The first kappa shape index (κ1) is 22.8. The molecule has 32 heavy (non-hydrogen) atoms. The van der Waals surface area contributed by atoms with E-state index < -0.39 is 23.0 Å². The van der Waals surface area contributed by atoms with E-state index in [0.29, 0.717) is 5.69 Å². The molecule has 0 fully saturated rings. The summed E-state index contributed by atoms with van der Waals surface area (Å²) in [6.45, 7) is 0.289. The molecule has 0 unspecified atom stereocenters. The smallest absolute Gasteiger partial charge is 0.330 e. The van der Waals surface area contributed by atoms with Gasteiger partial charge in [-0.05, 0) is 29.8 Å². The number of ether oxygens (including phenoxy) is 1. The highest BCUT2D eigenvalue weighted by atomic mass is 19.1. The van der Waals surface area contributed by atoms with Crippen LogP contribution in [0.25, 0.3) is 0 Å². The van der Waals surface area contributed by atoms with Crippen molar-refractivity contribution in [2.24, 2.45) is 0 Å². The number of hydrogen-bond acceptors (Lipinski definition) is 6. The first-order chi connectivity index (χ1) is 15.4. The minimum atomic E-state index is -0.706. The molecule has 1 heterocycles. The number of hydrogen-bond donors (Lipinski definition) is 3. The fraction of sp³-hybridized carbons (Fsp3) is 0.227. The molecule has 1 aromatic heterocycles. The summed E-state index contributed by atoms with van der Waals surface area (Å²) in [5.74, 6) is -0.940. The van der Waals surface area contributed by atoms with Gasteiger partial charge in [0.1, 0.15) is 17.3 Å². The molecule has 9 nitrogen and oxygen atoms in total. The van der Waals surface area contributed by atoms with Crippen LogP contribution in [0.3, 0.4) is 0 Å². The molecule has 3 rings (SSSR count). The topological polar surface area (TPSA) is 122 Å². The lowest BCUT2D eigenvalue weighted by molar-refractivity contribution is -0.115. The number of rotatable bonds is 9. The normalized spacial score (nSPS) is 10.7. The first-order valence-electron chi connectivity index (χ1n) is 9.85. The van der Waals surface area contributed by atoms with Crippen molar-refractivity contribution in [3.05, 3.63) is 86.8 Å². The van der Waals surface area contributed by atoms with Crippen LogP contribution < -0.4 is 27.2 Å². The zero-order chi connectivity index (χ0) is 23.1. The van der Waals surface area contributed by atoms with Gasteiger partial charge >= 0.3 is 5.69 Å². The summed E-state index contributed by atoms with van der Waals surface area (Å²) in [5, 5.41) is 2.64. The second kappa shape index (κ2) is 10.4. The molecule has 0 spiro atoms. The van der Waals surface area contributed by atoms with Crippen LogP contribution in [0, 0.1) is 5.82 Å². The van der Waals surface area contributed by atoms with Crippen molar-refractivity contribution in [3.63, 3.8) is 0 Å². The van der Waals surface area contributed by atoms with Crippen LogP contribution in [-0.4, -0.2) is 42.3 Å². The van der Waals surface area contributed by atoms with E-state index in [4.69, 9.17) is 10.5 Å². The first-order valence-corrected chi connectivity index (χ1v) is 9.85. The second-order valence-electron chi connectivity index (χ2n) is 7.03. The number of nitrogens with zero attached hydrogens (tertiary/aromatic N) is 2. The average Bonchev–Trinajstić information content (AvgIpc) is 2.77. The SMILES string of the molecule is COCCN(CC(=O)Nc1ccc(F)cc1)c1c(N)n(Cc2ccccc2)c(=O)[nH]c1=O. The maximum atomic E-state index is 13.1. The highest BCUT2D eigenvalue weighted by Crippen LogP contribution is 2.18. The van der Waals surface area contributed by atoms with Gasteiger partial charge in [-0.15, -0.1) is 0 Å². The highest BCUT2D eigenvalue weighted by Gasteiger charge is 2.21. The molecule has 0 atom stereocenters. The molecular formula is C22H24FN5O4. The van der Waals surface area contributed by atoms with Gasteiger partial charge in [-0.25, -0.2) is 9.18 Å². The fourth-order valence-electron chi connectivity index (χ4n) is 3.18. The van der Waals surface area contributed by atoms with Crippen molar-refractivity contribution in [1.82, 2.24) is 9.55 Å². The van der Waals surface area contributed by atoms with Gasteiger partial charge in [0.2, 0.25) is 5.91 Å². The molecule has 0 saturated heterocycles. The van der Waals surface area contributed by atoms with Gasteiger partial charge in [-0.1, -0.05) is 30.3 Å². The molecule has 0 saturated carbocycles. The number of anilines is 3. The average molecular weight is 441 g/mol. The van der Waals surface area contributed by atoms with Crippen LogP contribution >= 0.6 is 0 Å². The van der Waals surface area contributed by atoms with Crippen LogP contribution in [-0.2, 0) is 16.1 Å². The Morgan fingerprint density at radius 3 is 2.50 bits per heavy atom. The minimum Gasteiger partial charge on any atom is -0.383 e. The molecule has 0 aliphatic carbocycles. The summed E-state index contributed by atoms with van der Waals surface area (Å²) in [6, 6.07) is 14.5. The Labute approximate surface area is 183 Å². The molecule has 0 aliphatic heterocycles. The Bertz CT molecular complexity index is 1180. The van der Waals surface area contributed by atoms with Crippen LogP contribution in [0.2, 0.25) is 0 Å². The quantitative estimate of drug-likeness (QED) is 0.461. The molecule has 0 radical (unpaired) electrons. The number of carbonyl (C=O) groups is 1. The van der Waals surface area contributed by atoms with E-state index in [-0.39, 0.29) is 37.7 Å². The molecule has 1 amide bonds. The number of H-pyrrole nitrogens is 1. The largest absolute Gasteiger partial charge is 0.383 e. The summed E-state index contributed by atoms with van der Waals surface area (Å²) < 4.78 is 19.4. The van der Waals surface area contributed by atoms with Crippen LogP contribution in [0.5, 0.6) is 0 Å². The molecule has 4 N–H and O–H groups in total. The van der Waals surface area contributed by atoms with E-state index in [1.165, 1.54) is 40.8 Å². The van der Waals surface area contributed by atoms with Crippen molar-refractivity contribution in [2.75, 3.05) is 42.8 Å². The van der Waals surface area contributed by atoms with Crippen molar-refractivity contribution in [3.8, 4) is 0 Å². The van der Waals surface area contributed by atoms with E-state index in [1.54, 1.807) is 0 Å². The van der Waals surface area contributed by atoms with Gasteiger partial charge in [0, 0.05) is 19.3 Å². The predicted octanol–water partition coefficient (Wildman–Crippen LogP) is 1.40. The summed E-state index contributed by atoms with van der Waals surface area (Å²) >= 11 is 0. The Balaban J connectivity index is 1.91. The number of benzene rings is 2. The van der Waals surface area contributed by atoms with Gasteiger partial charge in [0.25, 0.3) is 5.56 Å². The zero-order valence-electron chi connectivity index (χ0n) is 17.5. The van der Waals surface area contributed by atoms with Gasteiger partial charge < -0.3 is 20.7 Å². The number of methoxy groups -OCH3 is 1. The summed E-state index contributed by atoms with van der Waals surface area (Å²) in [6.07, 6.45) is 0. The number of halogens is 1. The number of aromatic amines is 1. The maximum Gasteiger partial charge on any atom is 0.330 e. The van der Waals surface area contributed by atoms with Crippen LogP contribution in [0.1, 0.15) is 5.56 Å². The number of nitrogens with two attached hydrogens (primary N) is 1. The Morgan fingerprint density at radius 2 is 1.84 bits per heavy atom. The van der Waals surface area contributed by atoms with E-state index in [0.717, 1.165) is 5.56 Å². The maximum absolute atomic E-state index is 13.1. The Morgan fingerprint density at radius 1 is 1.16 bits per heavy atom. The lowest BCUT2D eigenvalue weighted by Crippen LogP contribution is -2.42. The van der Waals surface area contributed by atoms with Gasteiger partial charge in [0.05, 0.1) is 19.7 Å². The number of nitrogen functional groups attached to an aromatic ring is 1. The van der Waals surface area contributed by atoms with Crippen molar-refractivity contribution in [2.45, 2.75) is 6.54 Å². The van der Waals surface area contributed by atoms with E-state index in [1.807, 2.05) is 30.3 Å². The molecular weight excluding hydrogens is 417 g/mol. The number of carbonyl (C=O) groups excluding carboxylic acids is 1. The third kappa shape index (κ3) is 5.61. The van der Waals surface area contributed by atoms with Gasteiger partial charge in [0.15, 0.2) is 0 Å². The van der Waals surface area contributed by atoms with Gasteiger partial charge in [-0.2, -0.15) is 0 Å². The Kier molecular flexibility index (Phi) is 7.40. The Hall–Kier alpha value is -3.92. The number of amides is 1. The van der Waals surface area contributed by atoms with Crippen molar-refractivity contribution in [1.29, 1.82) is 0 Å². The minimum absolute atomic E-state index is 0.00756. The van der Waals surface area contributed by atoms with E-state index >= 15 is 0 Å². The summed E-state index contributed by atoms with van der Waals surface area (Å²) in [4.78, 5) is 41.4. The van der Waals surface area contributed by atoms with Crippen molar-refractivity contribution >= 4 is 23.1 Å². The van der Waals surface area contributed by atoms with E-state index in [9.17, 15) is 18.8 Å². The lowest BCUT2D eigenvalue weighted by atomic mass is 10.2. The third-order valence-electron chi connectivity index (χ3n) is 4.74. The third-order valence-corrected chi connectivity index (χ3v) is 4.74. The summed E-state index contributed by atoms with van der Waals surface area (Å²) in [5.41, 5.74) is 6.09.